The first-order chi connectivity index (χ1) is 7.47. The van der Waals surface area contributed by atoms with Crippen LogP contribution in [-0.2, 0) is 13.8 Å². The SMILES string of the molecule is CCO[P+](=O)C(F)C[C@H]1O[C@@H](O)[C@H](O)[C@@H]1O. The van der Waals surface area contributed by atoms with E-state index in [1.54, 1.807) is 6.92 Å². The van der Waals surface area contributed by atoms with Gasteiger partial charge in [0.15, 0.2) is 6.29 Å². The van der Waals surface area contributed by atoms with Crippen LogP contribution in [0.4, 0.5) is 4.39 Å². The molecule has 1 heterocycles. The van der Waals surface area contributed by atoms with Crippen LogP contribution in [-0.4, -0.2) is 52.4 Å². The third-order valence-corrected chi connectivity index (χ3v) is 3.43. The third kappa shape index (κ3) is 3.16. The Bertz CT molecular complexity index is 253. The fourth-order valence-electron chi connectivity index (χ4n) is 1.41. The maximum Gasteiger partial charge on any atom is 0.545 e. The minimum absolute atomic E-state index is 0.120. The summed E-state index contributed by atoms with van der Waals surface area (Å²) in [5, 5.41) is 27.5. The summed E-state index contributed by atoms with van der Waals surface area (Å²) in [4.78, 5) is 0. The van der Waals surface area contributed by atoms with Crippen molar-refractivity contribution >= 4 is 8.03 Å². The molecule has 1 saturated heterocycles. The topological polar surface area (TPSA) is 96.2 Å². The van der Waals surface area contributed by atoms with Gasteiger partial charge >= 0.3 is 13.9 Å². The van der Waals surface area contributed by atoms with Crippen LogP contribution in [0.5, 0.6) is 0 Å². The summed E-state index contributed by atoms with van der Waals surface area (Å²) in [5.41, 5.74) is 0. The summed E-state index contributed by atoms with van der Waals surface area (Å²) in [6.45, 7) is 1.70. The van der Waals surface area contributed by atoms with Crippen LogP contribution >= 0.6 is 8.03 Å². The Labute approximate surface area is 92.9 Å². The van der Waals surface area contributed by atoms with Crippen molar-refractivity contribution in [2.75, 3.05) is 6.61 Å². The molecular formula is C8H15FO6P+. The van der Waals surface area contributed by atoms with Gasteiger partial charge < -0.3 is 20.1 Å². The van der Waals surface area contributed by atoms with E-state index < -0.39 is 45.0 Å². The zero-order chi connectivity index (χ0) is 12.3. The molecular weight excluding hydrogens is 242 g/mol. The minimum Gasteiger partial charge on any atom is -0.387 e. The number of aliphatic hydroxyl groups is 3. The highest BCUT2D eigenvalue weighted by molar-refractivity contribution is 7.39. The molecule has 0 spiro atoms. The number of hydrogen-bond donors (Lipinski definition) is 3. The van der Waals surface area contributed by atoms with Crippen molar-refractivity contribution in [3.05, 3.63) is 0 Å². The van der Waals surface area contributed by atoms with Crippen molar-refractivity contribution < 1.29 is 33.5 Å². The molecule has 0 amide bonds. The van der Waals surface area contributed by atoms with E-state index >= 15 is 0 Å². The summed E-state index contributed by atoms with van der Waals surface area (Å²) >= 11 is 0. The van der Waals surface area contributed by atoms with Crippen LogP contribution in [0.1, 0.15) is 13.3 Å². The Morgan fingerprint density at radius 3 is 2.50 bits per heavy atom. The fraction of sp³-hybridized carbons (Fsp3) is 1.00. The standard InChI is InChI=1S/C8H15FO6P/c1-2-14-16(13)5(9)3-4-6(10)7(11)8(12)15-4/h4-8,10-12H,2-3H2,1H3/q+1/t4-,5?,6-,7-,8-/m1/s1. The predicted octanol–water partition coefficient (Wildman–Crippen LogP) is -0.110. The van der Waals surface area contributed by atoms with E-state index in [9.17, 15) is 14.1 Å². The van der Waals surface area contributed by atoms with Crippen LogP contribution in [0.15, 0.2) is 0 Å². The van der Waals surface area contributed by atoms with E-state index in [0.29, 0.717) is 0 Å². The van der Waals surface area contributed by atoms with Crippen LogP contribution in [0, 0.1) is 0 Å². The Hall–Kier alpha value is -0.170. The molecule has 6 atom stereocenters. The predicted molar refractivity (Wildman–Crippen MR) is 51.6 cm³/mol. The summed E-state index contributed by atoms with van der Waals surface area (Å²) in [6, 6.07) is 0. The number of aliphatic hydroxyl groups excluding tert-OH is 3. The smallest absolute Gasteiger partial charge is 0.387 e. The Balaban J connectivity index is 2.46. The highest BCUT2D eigenvalue weighted by atomic mass is 31.1. The molecule has 2 unspecified atom stereocenters. The lowest BCUT2D eigenvalue weighted by molar-refractivity contribution is -0.128. The lowest BCUT2D eigenvalue weighted by Gasteiger charge is -2.12. The van der Waals surface area contributed by atoms with Gasteiger partial charge in [-0.15, -0.1) is 4.52 Å². The first-order valence-electron chi connectivity index (χ1n) is 4.90. The van der Waals surface area contributed by atoms with Crippen molar-refractivity contribution in [3.63, 3.8) is 0 Å². The number of alkyl halides is 1. The van der Waals surface area contributed by atoms with Crippen molar-refractivity contribution in [1.29, 1.82) is 0 Å². The Morgan fingerprint density at radius 1 is 1.44 bits per heavy atom. The summed E-state index contributed by atoms with van der Waals surface area (Å²) in [7, 11) is -2.48. The lowest BCUT2D eigenvalue weighted by atomic mass is 10.1. The van der Waals surface area contributed by atoms with Crippen LogP contribution in [0.3, 0.4) is 0 Å². The van der Waals surface area contributed by atoms with E-state index in [4.69, 9.17) is 14.9 Å². The van der Waals surface area contributed by atoms with Gasteiger partial charge in [-0.05, 0) is 11.5 Å². The first kappa shape index (κ1) is 13.9. The van der Waals surface area contributed by atoms with Crippen LogP contribution in [0.2, 0.25) is 0 Å². The molecule has 0 bridgehead atoms. The highest BCUT2D eigenvalue weighted by Gasteiger charge is 2.46. The number of hydrogen-bond acceptors (Lipinski definition) is 6. The van der Waals surface area contributed by atoms with Gasteiger partial charge in [-0.25, -0.2) is 0 Å². The van der Waals surface area contributed by atoms with Crippen molar-refractivity contribution in [3.8, 4) is 0 Å². The van der Waals surface area contributed by atoms with E-state index in [1.807, 2.05) is 0 Å². The molecule has 1 rings (SSSR count). The van der Waals surface area contributed by atoms with Crippen molar-refractivity contribution in [2.24, 2.45) is 0 Å². The monoisotopic (exact) mass is 257 g/mol. The van der Waals surface area contributed by atoms with Crippen molar-refractivity contribution in [1.82, 2.24) is 0 Å². The molecule has 8 heteroatoms. The lowest BCUT2D eigenvalue weighted by Crippen LogP contribution is -2.33. The van der Waals surface area contributed by atoms with Gasteiger partial charge in [0, 0.05) is 0 Å². The quantitative estimate of drug-likeness (QED) is 0.595. The highest BCUT2D eigenvalue weighted by Crippen LogP contribution is 2.36. The molecule has 0 radical (unpaired) electrons. The largest absolute Gasteiger partial charge is 0.545 e. The normalized spacial score (nSPS) is 37.4. The average Bonchev–Trinajstić information content (AvgIpc) is 2.47. The summed E-state index contributed by atoms with van der Waals surface area (Å²) in [6.07, 6.45) is -5.89. The number of halogens is 1. The molecule has 0 aromatic heterocycles. The Kier molecular flexibility index (Phi) is 5.17. The molecule has 6 nitrogen and oxygen atoms in total. The van der Waals surface area contributed by atoms with Gasteiger partial charge in [-0.1, -0.05) is 0 Å². The number of ether oxygens (including phenoxy) is 1. The van der Waals surface area contributed by atoms with Gasteiger partial charge in [0.1, 0.15) is 12.2 Å². The third-order valence-electron chi connectivity index (χ3n) is 2.25. The molecule has 94 valence electrons. The van der Waals surface area contributed by atoms with Crippen LogP contribution in [0.25, 0.3) is 0 Å². The van der Waals surface area contributed by atoms with Gasteiger partial charge in [0.25, 0.3) is 0 Å². The second kappa shape index (κ2) is 5.95. The van der Waals surface area contributed by atoms with Gasteiger partial charge in [0.05, 0.1) is 19.1 Å². The zero-order valence-corrected chi connectivity index (χ0v) is 9.59. The summed E-state index contributed by atoms with van der Waals surface area (Å²) in [5.74, 6) is -1.80. The van der Waals surface area contributed by atoms with Crippen LogP contribution < -0.4 is 0 Å². The maximum absolute atomic E-state index is 13.3. The Morgan fingerprint density at radius 2 is 2.06 bits per heavy atom. The average molecular weight is 257 g/mol. The number of rotatable bonds is 5. The molecule has 16 heavy (non-hydrogen) atoms. The molecule has 1 aliphatic rings. The molecule has 0 aromatic rings. The van der Waals surface area contributed by atoms with E-state index in [1.165, 1.54) is 0 Å². The van der Waals surface area contributed by atoms with E-state index in [-0.39, 0.29) is 6.61 Å². The zero-order valence-electron chi connectivity index (χ0n) is 8.69. The molecule has 3 N–H and O–H groups in total. The first-order valence-corrected chi connectivity index (χ1v) is 6.15. The molecule has 0 aliphatic carbocycles. The summed E-state index contributed by atoms with van der Waals surface area (Å²) < 4.78 is 33.7. The van der Waals surface area contributed by atoms with Gasteiger partial charge in [-0.2, -0.15) is 4.39 Å². The van der Waals surface area contributed by atoms with Gasteiger partial charge in [-0.3, -0.25) is 0 Å². The maximum atomic E-state index is 13.3. The second-order valence-electron chi connectivity index (χ2n) is 3.42. The molecule has 0 saturated carbocycles. The molecule has 1 aliphatic heterocycles. The molecule has 1 fully saturated rings. The fourth-order valence-corrected chi connectivity index (χ4v) is 2.21. The second-order valence-corrected chi connectivity index (χ2v) is 4.81. The molecule has 0 aromatic carbocycles. The van der Waals surface area contributed by atoms with E-state index in [2.05, 4.69) is 4.52 Å². The van der Waals surface area contributed by atoms with E-state index in [0.717, 1.165) is 0 Å². The minimum atomic E-state index is -2.48. The van der Waals surface area contributed by atoms with Gasteiger partial charge in [0.2, 0.25) is 0 Å². The van der Waals surface area contributed by atoms with Crippen molar-refractivity contribution in [2.45, 2.75) is 43.9 Å².